The Hall–Kier alpha value is -1.39. The molecule has 1 saturated carbocycles. The number of methoxy groups -OCH3 is 1. The van der Waals surface area contributed by atoms with E-state index in [2.05, 4.69) is 31.2 Å². The lowest BCUT2D eigenvalue weighted by Gasteiger charge is -2.41. The molecule has 1 heterocycles. The van der Waals surface area contributed by atoms with Crippen molar-refractivity contribution in [2.75, 3.05) is 25.2 Å². The first-order chi connectivity index (χ1) is 12.5. The Morgan fingerprint density at radius 3 is 2.42 bits per heavy atom. The van der Waals surface area contributed by atoms with E-state index in [-0.39, 0.29) is 11.3 Å². The average molecular weight is 360 g/mol. The van der Waals surface area contributed by atoms with Gasteiger partial charge in [-0.25, -0.2) is 0 Å². The van der Waals surface area contributed by atoms with Crippen molar-refractivity contribution in [3.8, 4) is 0 Å². The van der Waals surface area contributed by atoms with Gasteiger partial charge in [0.25, 0.3) is 0 Å². The van der Waals surface area contributed by atoms with Crippen molar-refractivity contribution in [2.24, 2.45) is 5.41 Å². The maximum atomic E-state index is 13.2. The molecule has 1 amide bonds. The van der Waals surface area contributed by atoms with E-state index in [1.54, 1.807) is 7.11 Å². The van der Waals surface area contributed by atoms with E-state index in [1.807, 2.05) is 4.90 Å². The number of unbranched alkanes of at least 4 members (excludes halogenated alkanes) is 1. The van der Waals surface area contributed by atoms with E-state index in [0.29, 0.717) is 6.61 Å². The smallest absolute Gasteiger partial charge is 0.233 e. The minimum atomic E-state index is -0.544. The van der Waals surface area contributed by atoms with Crippen LogP contribution >= 0.6 is 0 Å². The molecule has 0 unspecified atom stereocenters. The van der Waals surface area contributed by atoms with Gasteiger partial charge in [0, 0.05) is 19.3 Å². The normalized spacial score (nSPS) is 28.9. The van der Waals surface area contributed by atoms with E-state index in [1.165, 1.54) is 5.56 Å². The number of aliphatic hydroxyl groups is 1. The second-order valence-corrected chi connectivity index (χ2v) is 8.22. The Labute approximate surface area is 157 Å². The Bertz CT molecular complexity index is 602. The highest BCUT2D eigenvalue weighted by molar-refractivity contribution is 6.00. The van der Waals surface area contributed by atoms with Gasteiger partial charge < -0.3 is 14.7 Å². The van der Waals surface area contributed by atoms with Crippen molar-refractivity contribution >= 4 is 11.6 Å². The fraction of sp³-hybridized carbons (Fsp3) is 0.682. The van der Waals surface area contributed by atoms with Crippen molar-refractivity contribution in [3.05, 3.63) is 29.8 Å². The quantitative estimate of drug-likeness (QED) is 0.797. The largest absolute Gasteiger partial charge is 0.390 e. The first kappa shape index (κ1) is 19.4. The summed E-state index contributed by atoms with van der Waals surface area (Å²) in [6.07, 6.45) is 8.06. The first-order valence-corrected chi connectivity index (χ1v) is 10.1. The first-order valence-electron chi connectivity index (χ1n) is 10.1. The molecule has 2 fully saturated rings. The molecule has 1 aliphatic carbocycles. The molecule has 1 aromatic carbocycles. The third-order valence-electron chi connectivity index (χ3n) is 6.49. The monoisotopic (exact) mass is 359 g/mol. The number of nitrogens with zero attached hydrogens (tertiary/aromatic N) is 1. The highest BCUT2D eigenvalue weighted by Gasteiger charge is 2.51. The van der Waals surface area contributed by atoms with Crippen molar-refractivity contribution in [3.63, 3.8) is 0 Å². The van der Waals surface area contributed by atoms with E-state index in [9.17, 15) is 9.90 Å². The summed E-state index contributed by atoms with van der Waals surface area (Å²) < 4.78 is 5.12. The number of ether oxygens (including phenoxy) is 1. The second-order valence-electron chi connectivity index (χ2n) is 8.22. The maximum Gasteiger partial charge on any atom is 0.233 e. The van der Waals surface area contributed by atoms with Gasteiger partial charge >= 0.3 is 0 Å². The summed E-state index contributed by atoms with van der Waals surface area (Å²) in [5, 5.41) is 10.8. The van der Waals surface area contributed by atoms with Gasteiger partial charge in [-0.2, -0.15) is 0 Å². The van der Waals surface area contributed by atoms with Crippen LogP contribution in [0, 0.1) is 5.41 Å². The molecule has 1 spiro atoms. The number of carbonyl (C=O) groups is 1. The Morgan fingerprint density at radius 1 is 1.12 bits per heavy atom. The Balaban J connectivity index is 1.63. The van der Waals surface area contributed by atoms with Crippen LogP contribution in [0.2, 0.25) is 0 Å². The standard InChI is InChI=1S/C22H33NO3/c1-3-4-10-22(25)13-11-21(12-14-22)15-16-23(20(21)24)19-7-5-18(6-8-19)9-17-26-2/h5-8,25H,3-4,9-17H2,1-2H3/t21-,22+. The molecule has 0 atom stereocenters. The number of hydrogen-bond donors (Lipinski definition) is 1. The van der Waals surface area contributed by atoms with Gasteiger partial charge in [0.15, 0.2) is 0 Å². The van der Waals surface area contributed by atoms with Crippen molar-refractivity contribution in [1.82, 2.24) is 0 Å². The zero-order chi connectivity index (χ0) is 18.6. The summed E-state index contributed by atoms with van der Waals surface area (Å²) in [6.45, 7) is 3.67. The molecule has 0 radical (unpaired) electrons. The highest BCUT2D eigenvalue weighted by Crippen LogP contribution is 2.49. The average Bonchev–Trinajstić information content (AvgIpc) is 2.98. The van der Waals surface area contributed by atoms with Crippen LogP contribution in [0.15, 0.2) is 24.3 Å². The molecule has 1 saturated heterocycles. The molecular weight excluding hydrogens is 326 g/mol. The van der Waals surface area contributed by atoms with Crippen LogP contribution in [0.4, 0.5) is 5.69 Å². The number of benzene rings is 1. The summed E-state index contributed by atoms with van der Waals surface area (Å²) >= 11 is 0. The number of anilines is 1. The number of rotatable bonds is 7. The lowest BCUT2D eigenvalue weighted by molar-refractivity contribution is -0.131. The summed E-state index contributed by atoms with van der Waals surface area (Å²) in [7, 11) is 1.71. The van der Waals surface area contributed by atoms with E-state index < -0.39 is 5.60 Å². The molecule has 1 N–H and O–H groups in total. The van der Waals surface area contributed by atoms with Crippen LogP contribution in [0.25, 0.3) is 0 Å². The van der Waals surface area contributed by atoms with E-state index in [4.69, 9.17) is 4.74 Å². The lowest BCUT2D eigenvalue weighted by Crippen LogP contribution is -2.43. The minimum absolute atomic E-state index is 0.243. The van der Waals surface area contributed by atoms with Crippen molar-refractivity contribution < 1.29 is 14.6 Å². The van der Waals surface area contributed by atoms with Gasteiger partial charge in [0.1, 0.15) is 0 Å². The molecule has 26 heavy (non-hydrogen) atoms. The van der Waals surface area contributed by atoms with Gasteiger partial charge in [-0.05, 0) is 62.6 Å². The summed E-state index contributed by atoms with van der Waals surface area (Å²) in [6, 6.07) is 8.30. The van der Waals surface area contributed by atoms with Crippen LogP contribution < -0.4 is 4.90 Å². The predicted octanol–water partition coefficient (Wildman–Crippen LogP) is 4.09. The summed E-state index contributed by atoms with van der Waals surface area (Å²) in [5.41, 5.74) is 1.45. The molecule has 1 aliphatic heterocycles. The molecule has 144 valence electrons. The zero-order valence-electron chi connectivity index (χ0n) is 16.3. The van der Waals surface area contributed by atoms with Crippen LogP contribution in [0.5, 0.6) is 0 Å². The van der Waals surface area contributed by atoms with E-state index >= 15 is 0 Å². The molecule has 4 heteroatoms. The lowest BCUT2D eigenvalue weighted by atomic mass is 9.66. The molecule has 4 nitrogen and oxygen atoms in total. The SMILES string of the molecule is CCCC[C@]1(O)CC[C@]2(CCN(c3ccc(CCOC)cc3)C2=O)CC1. The van der Waals surface area contributed by atoms with Crippen LogP contribution in [0.1, 0.15) is 63.9 Å². The molecule has 1 aromatic rings. The van der Waals surface area contributed by atoms with E-state index in [0.717, 1.165) is 70.0 Å². The van der Waals surface area contributed by atoms with Crippen LogP contribution in [-0.4, -0.2) is 36.9 Å². The number of amides is 1. The molecule has 0 bridgehead atoms. The van der Waals surface area contributed by atoms with Crippen LogP contribution in [-0.2, 0) is 16.0 Å². The van der Waals surface area contributed by atoms with Crippen molar-refractivity contribution in [2.45, 2.75) is 70.3 Å². The predicted molar refractivity (Wildman–Crippen MR) is 104 cm³/mol. The third-order valence-corrected chi connectivity index (χ3v) is 6.49. The number of hydrogen-bond acceptors (Lipinski definition) is 3. The molecular formula is C22H33NO3. The zero-order valence-corrected chi connectivity index (χ0v) is 16.3. The van der Waals surface area contributed by atoms with Crippen LogP contribution in [0.3, 0.4) is 0 Å². The maximum absolute atomic E-state index is 13.2. The van der Waals surface area contributed by atoms with Crippen molar-refractivity contribution in [1.29, 1.82) is 0 Å². The Kier molecular flexibility index (Phi) is 6.03. The fourth-order valence-corrected chi connectivity index (χ4v) is 4.54. The summed E-state index contributed by atoms with van der Waals surface area (Å²) in [5.74, 6) is 0.264. The highest BCUT2D eigenvalue weighted by atomic mass is 16.5. The second kappa shape index (κ2) is 8.10. The molecule has 0 aromatic heterocycles. The third kappa shape index (κ3) is 3.96. The van der Waals surface area contributed by atoms with Gasteiger partial charge in [0.2, 0.25) is 5.91 Å². The fourth-order valence-electron chi connectivity index (χ4n) is 4.54. The number of carbonyl (C=O) groups excluding carboxylic acids is 1. The summed E-state index contributed by atoms with van der Waals surface area (Å²) in [4.78, 5) is 15.1. The molecule has 2 aliphatic rings. The van der Waals surface area contributed by atoms with Gasteiger partial charge in [0.05, 0.1) is 17.6 Å². The van der Waals surface area contributed by atoms with Gasteiger partial charge in [-0.3, -0.25) is 4.79 Å². The van der Waals surface area contributed by atoms with Gasteiger partial charge in [-0.1, -0.05) is 31.9 Å². The Morgan fingerprint density at radius 2 is 1.81 bits per heavy atom. The minimum Gasteiger partial charge on any atom is -0.390 e. The molecule has 3 rings (SSSR count). The van der Waals surface area contributed by atoms with Gasteiger partial charge in [-0.15, -0.1) is 0 Å². The topological polar surface area (TPSA) is 49.8 Å².